The summed E-state index contributed by atoms with van der Waals surface area (Å²) in [6, 6.07) is 3.59. The Morgan fingerprint density at radius 3 is 2.41 bits per heavy atom. The van der Waals surface area contributed by atoms with Crippen molar-refractivity contribution in [1.29, 1.82) is 0 Å². The number of hydrogen-bond acceptors (Lipinski definition) is 4. The number of aliphatic hydroxyl groups is 1. The highest BCUT2D eigenvalue weighted by molar-refractivity contribution is 5.92. The van der Waals surface area contributed by atoms with Crippen molar-refractivity contribution in [2.45, 2.75) is 43.9 Å². The van der Waals surface area contributed by atoms with Crippen molar-refractivity contribution in [3.05, 3.63) is 24.2 Å². The average molecular weight is 304 g/mol. The number of furan rings is 1. The van der Waals surface area contributed by atoms with Crippen LogP contribution in [0.5, 0.6) is 0 Å². The van der Waals surface area contributed by atoms with Crippen molar-refractivity contribution in [2.24, 2.45) is 5.92 Å². The molecule has 22 heavy (non-hydrogen) atoms. The van der Waals surface area contributed by atoms with Crippen molar-refractivity contribution in [1.82, 2.24) is 9.80 Å². The van der Waals surface area contributed by atoms with Gasteiger partial charge in [-0.05, 0) is 37.8 Å². The lowest BCUT2D eigenvalue weighted by atomic mass is 9.81. The standard InChI is InChI=1S/C16H20N2O4/c19-13-6-10(7-13)15(20)17-8-11-3-4-12(9-17)18(11)16(21)14-2-1-5-22-14/h1-2,5,10-13,19H,3-4,6-9H2. The Kier molecular flexibility index (Phi) is 3.22. The number of fused-ring (bicyclic) bond motifs is 2. The fourth-order valence-corrected chi connectivity index (χ4v) is 3.99. The molecule has 2 unspecified atom stereocenters. The van der Waals surface area contributed by atoms with Gasteiger partial charge in [-0.2, -0.15) is 0 Å². The molecule has 6 heteroatoms. The van der Waals surface area contributed by atoms with Crippen molar-refractivity contribution in [3.8, 4) is 0 Å². The van der Waals surface area contributed by atoms with Gasteiger partial charge >= 0.3 is 0 Å². The minimum Gasteiger partial charge on any atom is -0.459 e. The molecule has 2 amide bonds. The first kappa shape index (κ1) is 13.8. The fourth-order valence-electron chi connectivity index (χ4n) is 3.99. The number of rotatable bonds is 2. The van der Waals surface area contributed by atoms with E-state index in [4.69, 9.17) is 4.42 Å². The summed E-state index contributed by atoms with van der Waals surface area (Å²) in [6.45, 7) is 1.21. The Bertz CT molecular complexity index is 565. The first-order valence-electron chi connectivity index (χ1n) is 7.96. The van der Waals surface area contributed by atoms with E-state index in [1.165, 1.54) is 6.26 Å². The van der Waals surface area contributed by atoms with E-state index < -0.39 is 0 Å². The lowest BCUT2D eigenvalue weighted by Gasteiger charge is -2.43. The van der Waals surface area contributed by atoms with E-state index in [1.54, 1.807) is 12.1 Å². The Morgan fingerprint density at radius 1 is 1.18 bits per heavy atom. The van der Waals surface area contributed by atoms with Crippen molar-refractivity contribution in [2.75, 3.05) is 13.1 Å². The molecule has 6 nitrogen and oxygen atoms in total. The summed E-state index contributed by atoms with van der Waals surface area (Å²) in [5.41, 5.74) is 0. The summed E-state index contributed by atoms with van der Waals surface area (Å²) in [4.78, 5) is 28.8. The summed E-state index contributed by atoms with van der Waals surface area (Å²) >= 11 is 0. The number of likely N-dealkylation sites (tertiary alicyclic amines) is 1. The van der Waals surface area contributed by atoms with Crippen LogP contribution in [0.1, 0.15) is 36.2 Å². The molecule has 1 aromatic rings. The fraction of sp³-hybridized carbons (Fsp3) is 0.625. The zero-order chi connectivity index (χ0) is 15.3. The topological polar surface area (TPSA) is 74.0 Å². The maximum atomic E-state index is 12.5. The van der Waals surface area contributed by atoms with Crippen molar-refractivity contribution >= 4 is 11.8 Å². The maximum absolute atomic E-state index is 12.5. The smallest absolute Gasteiger partial charge is 0.290 e. The van der Waals surface area contributed by atoms with Crippen LogP contribution in [0, 0.1) is 5.92 Å². The number of piperazine rings is 1. The van der Waals surface area contributed by atoms with Crippen molar-refractivity contribution < 1.29 is 19.1 Å². The van der Waals surface area contributed by atoms with Crippen LogP contribution in [-0.2, 0) is 4.79 Å². The molecule has 1 aliphatic carbocycles. The number of aliphatic hydroxyl groups excluding tert-OH is 1. The number of amides is 2. The van der Waals surface area contributed by atoms with Gasteiger partial charge in [-0.25, -0.2) is 0 Å². The molecular weight excluding hydrogens is 284 g/mol. The number of carbonyl (C=O) groups excluding carboxylic acids is 2. The number of carbonyl (C=O) groups is 2. The van der Waals surface area contributed by atoms with Crippen LogP contribution in [0.3, 0.4) is 0 Å². The molecule has 2 saturated heterocycles. The third-order valence-electron chi connectivity index (χ3n) is 5.22. The maximum Gasteiger partial charge on any atom is 0.290 e. The highest BCUT2D eigenvalue weighted by Gasteiger charge is 2.46. The zero-order valence-electron chi connectivity index (χ0n) is 12.4. The van der Waals surface area contributed by atoms with Crippen LogP contribution in [0.15, 0.2) is 22.8 Å². The molecule has 4 rings (SSSR count). The van der Waals surface area contributed by atoms with Crippen molar-refractivity contribution in [3.63, 3.8) is 0 Å². The quantitative estimate of drug-likeness (QED) is 0.879. The summed E-state index contributed by atoms with van der Waals surface area (Å²) < 4.78 is 5.22. The molecule has 3 heterocycles. The second kappa shape index (κ2) is 5.12. The molecular formula is C16H20N2O4. The predicted molar refractivity (Wildman–Crippen MR) is 77.0 cm³/mol. The zero-order valence-corrected chi connectivity index (χ0v) is 12.4. The monoisotopic (exact) mass is 304 g/mol. The van der Waals surface area contributed by atoms with Gasteiger partial charge in [0, 0.05) is 19.0 Å². The summed E-state index contributed by atoms with van der Waals surface area (Å²) in [7, 11) is 0. The Labute approximate surface area is 128 Å². The molecule has 0 spiro atoms. The molecule has 3 fully saturated rings. The normalized spacial score (nSPS) is 33.7. The lowest BCUT2D eigenvalue weighted by molar-refractivity contribution is -0.145. The van der Waals surface area contributed by atoms with E-state index in [0.29, 0.717) is 31.7 Å². The van der Waals surface area contributed by atoms with E-state index in [1.807, 2.05) is 9.80 Å². The van der Waals surface area contributed by atoms with Gasteiger partial charge < -0.3 is 19.3 Å². The molecule has 0 radical (unpaired) electrons. The third kappa shape index (κ3) is 2.13. The molecule has 0 aromatic carbocycles. The van der Waals surface area contributed by atoms with Crippen LogP contribution in [-0.4, -0.2) is 58.0 Å². The number of hydrogen-bond donors (Lipinski definition) is 1. The summed E-state index contributed by atoms with van der Waals surface area (Å²) in [5.74, 6) is 0.427. The average Bonchev–Trinajstić information content (AvgIpc) is 3.09. The second-order valence-electron chi connectivity index (χ2n) is 6.64. The number of nitrogens with zero attached hydrogens (tertiary/aromatic N) is 2. The van der Waals surface area contributed by atoms with Crippen LogP contribution < -0.4 is 0 Å². The molecule has 118 valence electrons. The predicted octanol–water partition coefficient (Wildman–Crippen LogP) is 0.866. The van der Waals surface area contributed by atoms with E-state index >= 15 is 0 Å². The lowest BCUT2D eigenvalue weighted by Crippen LogP contribution is -2.59. The first-order chi connectivity index (χ1) is 10.6. The molecule has 2 aliphatic heterocycles. The highest BCUT2D eigenvalue weighted by atomic mass is 16.3. The van der Waals surface area contributed by atoms with E-state index in [0.717, 1.165) is 12.8 Å². The van der Waals surface area contributed by atoms with Crippen LogP contribution in [0.25, 0.3) is 0 Å². The second-order valence-corrected chi connectivity index (χ2v) is 6.64. The SMILES string of the molecule is O=C(C1CC(O)C1)N1CC2CCC(C1)N2C(=O)c1ccco1. The molecule has 2 atom stereocenters. The minimum atomic E-state index is -0.313. The van der Waals surface area contributed by atoms with Gasteiger partial charge in [0.25, 0.3) is 5.91 Å². The van der Waals surface area contributed by atoms with Crippen LogP contribution in [0.2, 0.25) is 0 Å². The minimum absolute atomic E-state index is 0.0262. The largest absolute Gasteiger partial charge is 0.459 e. The Morgan fingerprint density at radius 2 is 1.86 bits per heavy atom. The molecule has 1 aromatic heterocycles. The summed E-state index contributed by atoms with van der Waals surface area (Å²) in [5, 5.41) is 9.37. The molecule has 3 aliphatic rings. The van der Waals surface area contributed by atoms with Gasteiger partial charge in [0.2, 0.25) is 5.91 Å². The van der Waals surface area contributed by atoms with Gasteiger partial charge in [0.15, 0.2) is 5.76 Å². The molecule has 2 bridgehead atoms. The van der Waals surface area contributed by atoms with E-state index in [9.17, 15) is 14.7 Å². The summed E-state index contributed by atoms with van der Waals surface area (Å²) in [6.07, 6.45) is 4.24. The van der Waals surface area contributed by atoms with Gasteiger partial charge in [-0.15, -0.1) is 0 Å². The third-order valence-corrected chi connectivity index (χ3v) is 5.22. The van der Waals surface area contributed by atoms with Gasteiger partial charge in [0.05, 0.1) is 24.5 Å². The van der Waals surface area contributed by atoms with Crippen LogP contribution >= 0.6 is 0 Å². The van der Waals surface area contributed by atoms with Gasteiger partial charge in [0.1, 0.15) is 0 Å². The first-order valence-corrected chi connectivity index (χ1v) is 7.96. The van der Waals surface area contributed by atoms with E-state index in [-0.39, 0.29) is 35.9 Å². The Balaban J connectivity index is 1.45. The molecule has 1 saturated carbocycles. The molecule has 1 N–H and O–H groups in total. The van der Waals surface area contributed by atoms with E-state index in [2.05, 4.69) is 0 Å². The van der Waals surface area contributed by atoms with Gasteiger partial charge in [-0.3, -0.25) is 9.59 Å². The Hall–Kier alpha value is -1.82. The van der Waals surface area contributed by atoms with Crippen LogP contribution in [0.4, 0.5) is 0 Å². The van der Waals surface area contributed by atoms with Gasteiger partial charge in [-0.1, -0.05) is 0 Å². The highest BCUT2D eigenvalue weighted by Crippen LogP contribution is 2.35.